The minimum atomic E-state index is -3.53. The van der Waals surface area contributed by atoms with Crippen LogP contribution >= 0.6 is 0 Å². The van der Waals surface area contributed by atoms with Crippen LogP contribution in [0.5, 0.6) is 5.75 Å². The smallest absolute Gasteiger partial charge is 0.301 e. The number of hydrogen-bond acceptors (Lipinski definition) is 4. The second-order valence-electron chi connectivity index (χ2n) is 5.16. The summed E-state index contributed by atoms with van der Waals surface area (Å²) in [6, 6.07) is 8.98. The number of hydrogen-bond donors (Lipinski definition) is 2. The zero-order valence-electron chi connectivity index (χ0n) is 11.9. The van der Waals surface area contributed by atoms with Crippen LogP contribution in [0.15, 0.2) is 42.7 Å². The van der Waals surface area contributed by atoms with Crippen molar-refractivity contribution in [1.82, 2.24) is 9.71 Å². The van der Waals surface area contributed by atoms with E-state index in [1.165, 1.54) is 4.31 Å². The highest BCUT2D eigenvalue weighted by Crippen LogP contribution is 2.31. The maximum absolute atomic E-state index is 11.9. The number of phenolic OH excluding ortho intramolecular Hbond substituents is 1. The fraction of sp³-hybridized carbons (Fsp3) is 0.267. The quantitative estimate of drug-likeness (QED) is 0.888. The molecule has 0 saturated carbocycles. The van der Waals surface area contributed by atoms with Crippen molar-refractivity contribution in [3.05, 3.63) is 53.9 Å². The van der Waals surface area contributed by atoms with E-state index < -0.39 is 10.2 Å². The number of nitrogens with zero attached hydrogens (tertiary/aromatic N) is 2. The molecule has 0 unspecified atom stereocenters. The molecule has 1 aliphatic rings. The van der Waals surface area contributed by atoms with Crippen molar-refractivity contribution < 1.29 is 13.5 Å². The molecule has 22 heavy (non-hydrogen) atoms. The van der Waals surface area contributed by atoms with E-state index in [1.54, 1.807) is 18.3 Å². The van der Waals surface area contributed by atoms with Crippen LogP contribution in [0.2, 0.25) is 0 Å². The molecule has 1 saturated heterocycles. The number of rotatable bonds is 4. The SMILES string of the molecule is O=S1(=O)NCCN1c1cc(CCc2cccnc2)ccc1O. The first-order chi connectivity index (χ1) is 10.6. The Balaban J connectivity index is 1.81. The first-order valence-corrected chi connectivity index (χ1v) is 8.48. The molecule has 116 valence electrons. The van der Waals surface area contributed by atoms with Crippen molar-refractivity contribution in [1.29, 1.82) is 0 Å². The van der Waals surface area contributed by atoms with Gasteiger partial charge in [0.05, 0.1) is 5.69 Å². The van der Waals surface area contributed by atoms with Gasteiger partial charge in [0.2, 0.25) is 0 Å². The van der Waals surface area contributed by atoms with Crippen molar-refractivity contribution in [3.8, 4) is 5.75 Å². The minimum absolute atomic E-state index is 0.0302. The van der Waals surface area contributed by atoms with Crippen LogP contribution < -0.4 is 9.03 Å². The number of aromatic hydroxyl groups is 1. The Morgan fingerprint density at radius 3 is 2.73 bits per heavy atom. The summed E-state index contributed by atoms with van der Waals surface area (Å²) in [5.74, 6) is -0.0302. The molecule has 1 aromatic carbocycles. The summed E-state index contributed by atoms with van der Waals surface area (Å²) >= 11 is 0. The first kappa shape index (κ1) is 14.8. The van der Waals surface area contributed by atoms with Crippen molar-refractivity contribution in [2.24, 2.45) is 0 Å². The molecule has 1 fully saturated rings. The number of phenols is 1. The number of anilines is 1. The molecule has 0 spiro atoms. The molecule has 6 nitrogen and oxygen atoms in total. The summed E-state index contributed by atoms with van der Waals surface area (Å²) in [6.45, 7) is 0.670. The van der Waals surface area contributed by atoms with Gasteiger partial charge in [-0.3, -0.25) is 9.29 Å². The standard InChI is InChI=1S/C15H17N3O3S/c19-15-6-5-12(3-4-13-2-1-7-16-11-13)10-14(15)18-9-8-17-22(18,20)21/h1-2,5-7,10-11,17,19H,3-4,8-9H2. The zero-order chi connectivity index (χ0) is 15.6. The van der Waals surface area contributed by atoms with Gasteiger partial charge in [-0.2, -0.15) is 13.1 Å². The van der Waals surface area contributed by atoms with Gasteiger partial charge in [0, 0.05) is 25.5 Å². The third kappa shape index (κ3) is 3.05. The highest BCUT2D eigenvalue weighted by Gasteiger charge is 2.29. The molecule has 1 aromatic heterocycles. The van der Waals surface area contributed by atoms with Crippen LogP contribution in [-0.4, -0.2) is 31.6 Å². The summed E-state index contributed by atoms with van der Waals surface area (Å²) < 4.78 is 27.4. The number of benzene rings is 1. The lowest BCUT2D eigenvalue weighted by Gasteiger charge is -2.18. The molecule has 7 heteroatoms. The molecule has 2 heterocycles. The van der Waals surface area contributed by atoms with Crippen LogP contribution in [0.3, 0.4) is 0 Å². The highest BCUT2D eigenvalue weighted by molar-refractivity contribution is 7.91. The lowest BCUT2D eigenvalue weighted by molar-refractivity contribution is 0.475. The molecule has 2 aromatic rings. The largest absolute Gasteiger partial charge is 0.506 e. The molecule has 0 amide bonds. The Labute approximate surface area is 129 Å². The minimum Gasteiger partial charge on any atom is -0.506 e. The Morgan fingerprint density at radius 2 is 2.05 bits per heavy atom. The second-order valence-corrected chi connectivity index (χ2v) is 6.84. The number of nitrogens with one attached hydrogen (secondary N) is 1. The van der Waals surface area contributed by atoms with Crippen LogP contribution in [0, 0.1) is 0 Å². The van der Waals surface area contributed by atoms with Crippen LogP contribution in [0.25, 0.3) is 0 Å². The maximum atomic E-state index is 11.9. The fourth-order valence-electron chi connectivity index (χ4n) is 2.48. The molecule has 0 atom stereocenters. The van der Waals surface area contributed by atoms with Gasteiger partial charge in [-0.05, 0) is 42.2 Å². The van der Waals surface area contributed by atoms with Gasteiger partial charge in [0.25, 0.3) is 0 Å². The molecule has 0 bridgehead atoms. The highest BCUT2D eigenvalue weighted by atomic mass is 32.2. The molecule has 1 aliphatic heterocycles. The second kappa shape index (κ2) is 5.94. The zero-order valence-corrected chi connectivity index (χ0v) is 12.8. The van der Waals surface area contributed by atoms with Crippen molar-refractivity contribution in [2.45, 2.75) is 12.8 Å². The average Bonchev–Trinajstić information content (AvgIpc) is 2.87. The van der Waals surface area contributed by atoms with E-state index in [-0.39, 0.29) is 5.75 Å². The van der Waals surface area contributed by atoms with Gasteiger partial charge in [-0.1, -0.05) is 12.1 Å². The van der Waals surface area contributed by atoms with Gasteiger partial charge >= 0.3 is 10.2 Å². The average molecular weight is 319 g/mol. The topological polar surface area (TPSA) is 82.5 Å². The Hall–Kier alpha value is -2.12. The Kier molecular flexibility index (Phi) is 4.00. The fourth-order valence-corrected chi connectivity index (χ4v) is 3.73. The van der Waals surface area contributed by atoms with Gasteiger partial charge in [0.15, 0.2) is 0 Å². The number of aromatic nitrogens is 1. The normalized spacial score (nSPS) is 16.8. The Bertz CT molecular complexity index is 763. The summed E-state index contributed by atoms with van der Waals surface area (Å²) in [6.07, 6.45) is 5.10. The van der Waals surface area contributed by atoms with Crippen molar-refractivity contribution in [2.75, 3.05) is 17.4 Å². The molecular formula is C15H17N3O3S. The predicted molar refractivity (Wildman–Crippen MR) is 84.0 cm³/mol. The van der Waals surface area contributed by atoms with Crippen LogP contribution in [0.4, 0.5) is 5.69 Å². The van der Waals surface area contributed by atoms with Gasteiger partial charge in [0.1, 0.15) is 5.75 Å². The van der Waals surface area contributed by atoms with Crippen molar-refractivity contribution in [3.63, 3.8) is 0 Å². The molecule has 0 radical (unpaired) electrons. The third-order valence-electron chi connectivity index (χ3n) is 3.62. The summed E-state index contributed by atoms with van der Waals surface area (Å²) in [7, 11) is -3.53. The molecular weight excluding hydrogens is 302 g/mol. The van der Waals surface area contributed by atoms with E-state index in [2.05, 4.69) is 9.71 Å². The van der Waals surface area contributed by atoms with Crippen molar-refractivity contribution >= 4 is 15.9 Å². The van der Waals surface area contributed by atoms with Gasteiger partial charge < -0.3 is 5.11 Å². The van der Waals surface area contributed by atoms with Gasteiger partial charge in [-0.25, -0.2) is 0 Å². The molecule has 0 aliphatic carbocycles. The monoisotopic (exact) mass is 319 g/mol. The van der Waals surface area contributed by atoms with Crippen LogP contribution in [0.1, 0.15) is 11.1 Å². The van der Waals surface area contributed by atoms with E-state index in [9.17, 15) is 13.5 Å². The molecule has 2 N–H and O–H groups in total. The maximum Gasteiger partial charge on any atom is 0.301 e. The predicted octanol–water partition coefficient (Wildman–Crippen LogP) is 1.23. The van der Waals surface area contributed by atoms with E-state index in [0.717, 1.165) is 24.0 Å². The van der Waals surface area contributed by atoms with E-state index >= 15 is 0 Å². The first-order valence-electron chi connectivity index (χ1n) is 7.04. The van der Waals surface area contributed by atoms with E-state index in [4.69, 9.17) is 0 Å². The summed E-state index contributed by atoms with van der Waals surface area (Å²) in [5, 5.41) is 9.97. The lowest BCUT2D eigenvalue weighted by Crippen LogP contribution is -2.29. The van der Waals surface area contributed by atoms with Crippen LogP contribution in [-0.2, 0) is 23.1 Å². The summed E-state index contributed by atoms with van der Waals surface area (Å²) in [4.78, 5) is 4.07. The lowest BCUT2D eigenvalue weighted by atomic mass is 10.0. The third-order valence-corrected chi connectivity index (χ3v) is 5.15. The Morgan fingerprint density at radius 1 is 1.23 bits per heavy atom. The van der Waals surface area contributed by atoms with E-state index in [1.807, 2.05) is 24.4 Å². The summed E-state index contributed by atoms with van der Waals surface area (Å²) in [5.41, 5.74) is 2.42. The van der Waals surface area contributed by atoms with E-state index in [0.29, 0.717) is 18.8 Å². The number of aryl methyl sites for hydroxylation is 2. The molecule has 3 rings (SSSR count). The van der Waals surface area contributed by atoms with Gasteiger partial charge in [-0.15, -0.1) is 0 Å². The number of pyridine rings is 1.